The van der Waals surface area contributed by atoms with Crippen molar-refractivity contribution in [3.8, 4) is 0 Å². The molecule has 0 aromatic rings. The highest BCUT2D eigenvalue weighted by Gasteiger charge is 2.41. The van der Waals surface area contributed by atoms with Crippen LogP contribution in [-0.2, 0) is 4.74 Å². The molecule has 1 rings (SSSR count). The normalized spacial score (nSPS) is 38.6. The second kappa shape index (κ2) is 2.61. The molecule has 2 atom stereocenters. The van der Waals surface area contributed by atoms with E-state index >= 15 is 0 Å². The number of hydrogen-bond donors (Lipinski definition) is 1. The Morgan fingerprint density at radius 3 is 2.45 bits per heavy atom. The summed E-state index contributed by atoms with van der Waals surface area (Å²) in [6.07, 6.45) is 0.134. The zero-order valence-corrected chi connectivity index (χ0v) is 7.55. The molecule has 0 amide bonds. The van der Waals surface area contributed by atoms with Gasteiger partial charge in [-0.3, -0.25) is 0 Å². The smallest absolute Gasteiger partial charge is 0.0818 e. The quantitative estimate of drug-likeness (QED) is 0.579. The Labute approximate surface area is 68.4 Å². The predicted octanol–water partition coefficient (Wildman–Crippen LogP) is 1.31. The van der Waals surface area contributed by atoms with E-state index in [1.807, 2.05) is 6.92 Å². The summed E-state index contributed by atoms with van der Waals surface area (Å²) in [4.78, 5) is 0. The van der Waals surface area contributed by atoms with E-state index in [1.165, 1.54) is 0 Å². The lowest BCUT2D eigenvalue weighted by atomic mass is 9.85. The molecule has 0 radical (unpaired) electrons. The number of hydrogen-bond acceptors (Lipinski definition) is 2. The molecule has 11 heavy (non-hydrogen) atoms. The first kappa shape index (κ1) is 8.75. The molecule has 1 fully saturated rings. The van der Waals surface area contributed by atoms with Crippen LogP contribution in [0.4, 0.5) is 0 Å². The van der Waals surface area contributed by atoms with E-state index in [-0.39, 0.29) is 11.6 Å². The fraction of sp³-hybridized carbons (Fsp3) is 0.778. The van der Waals surface area contributed by atoms with E-state index < -0.39 is 0 Å². The SMILES string of the molecule is C=C1COC(C(C)C)[C@@]1(C)N. The average Bonchev–Trinajstić information content (AvgIpc) is 2.08. The average molecular weight is 155 g/mol. The van der Waals surface area contributed by atoms with Gasteiger partial charge in [0, 0.05) is 0 Å². The Morgan fingerprint density at radius 1 is 1.73 bits per heavy atom. The fourth-order valence-corrected chi connectivity index (χ4v) is 1.61. The van der Waals surface area contributed by atoms with Gasteiger partial charge < -0.3 is 10.5 Å². The van der Waals surface area contributed by atoms with E-state index in [0.29, 0.717) is 12.5 Å². The molecule has 64 valence electrons. The second-order valence-electron chi connectivity index (χ2n) is 3.86. The fourth-order valence-electron chi connectivity index (χ4n) is 1.61. The lowest BCUT2D eigenvalue weighted by Crippen LogP contribution is -2.47. The standard InChI is InChI=1S/C9H17NO/c1-6(2)8-9(4,10)7(3)5-11-8/h6,8H,3,5,10H2,1-2,4H3/t8?,9-/m0/s1. The van der Waals surface area contributed by atoms with Crippen molar-refractivity contribution >= 4 is 0 Å². The van der Waals surface area contributed by atoms with Crippen molar-refractivity contribution < 1.29 is 4.74 Å². The summed E-state index contributed by atoms with van der Waals surface area (Å²) in [5, 5.41) is 0. The van der Waals surface area contributed by atoms with Gasteiger partial charge in [0.2, 0.25) is 0 Å². The molecule has 1 unspecified atom stereocenters. The first-order valence-electron chi connectivity index (χ1n) is 4.05. The lowest BCUT2D eigenvalue weighted by Gasteiger charge is -2.28. The lowest BCUT2D eigenvalue weighted by molar-refractivity contribution is 0.0487. The summed E-state index contributed by atoms with van der Waals surface area (Å²) in [6.45, 7) is 10.7. The summed E-state index contributed by atoms with van der Waals surface area (Å²) >= 11 is 0. The van der Waals surface area contributed by atoms with Crippen molar-refractivity contribution in [2.45, 2.75) is 32.4 Å². The third kappa shape index (κ3) is 1.33. The van der Waals surface area contributed by atoms with Crippen LogP contribution < -0.4 is 5.73 Å². The van der Waals surface area contributed by atoms with E-state index in [0.717, 1.165) is 5.57 Å². The third-order valence-corrected chi connectivity index (χ3v) is 2.40. The molecule has 1 aliphatic rings. The van der Waals surface area contributed by atoms with Crippen molar-refractivity contribution in [3.63, 3.8) is 0 Å². The molecule has 2 nitrogen and oxygen atoms in total. The van der Waals surface area contributed by atoms with Crippen molar-refractivity contribution in [2.75, 3.05) is 6.61 Å². The van der Waals surface area contributed by atoms with Gasteiger partial charge in [-0.1, -0.05) is 20.4 Å². The van der Waals surface area contributed by atoms with E-state index in [9.17, 15) is 0 Å². The molecule has 1 heterocycles. The van der Waals surface area contributed by atoms with Gasteiger partial charge in [-0.2, -0.15) is 0 Å². The monoisotopic (exact) mass is 155 g/mol. The zero-order chi connectivity index (χ0) is 8.65. The van der Waals surface area contributed by atoms with Crippen LogP contribution in [0.3, 0.4) is 0 Å². The molecule has 0 aliphatic carbocycles. The number of rotatable bonds is 1. The number of nitrogens with two attached hydrogens (primary N) is 1. The Morgan fingerprint density at radius 2 is 2.27 bits per heavy atom. The van der Waals surface area contributed by atoms with Crippen LogP contribution in [-0.4, -0.2) is 18.2 Å². The minimum Gasteiger partial charge on any atom is -0.371 e. The number of ether oxygens (including phenoxy) is 1. The van der Waals surface area contributed by atoms with E-state index in [4.69, 9.17) is 10.5 Å². The van der Waals surface area contributed by atoms with Gasteiger partial charge in [-0.15, -0.1) is 0 Å². The van der Waals surface area contributed by atoms with Crippen molar-refractivity contribution in [1.82, 2.24) is 0 Å². The zero-order valence-electron chi connectivity index (χ0n) is 7.55. The van der Waals surface area contributed by atoms with Crippen LogP contribution in [0, 0.1) is 5.92 Å². The van der Waals surface area contributed by atoms with Gasteiger partial charge in [0.1, 0.15) is 0 Å². The summed E-state index contributed by atoms with van der Waals surface area (Å²) in [6, 6.07) is 0. The Kier molecular flexibility index (Phi) is 2.08. The van der Waals surface area contributed by atoms with Gasteiger partial charge in [-0.05, 0) is 18.4 Å². The maximum absolute atomic E-state index is 6.04. The molecule has 1 aliphatic heterocycles. The first-order chi connectivity index (χ1) is 4.96. The largest absolute Gasteiger partial charge is 0.371 e. The summed E-state index contributed by atoms with van der Waals surface area (Å²) < 4.78 is 5.52. The summed E-state index contributed by atoms with van der Waals surface area (Å²) in [5.41, 5.74) is 6.73. The predicted molar refractivity (Wildman–Crippen MR) is 46.3 cm³/mol. The first-order valence-corrected chi connectivity index (χ1v) is 4.05. The van der Waals surface area contributed by atoms with Gasteiger partial charge in [0.05, 0.1) is 18.2 Å². The van der Waals surface area contributed by atoms with Gasteiger partial charge in [0.25, 0.3) is 0 Å². The maximum atomic E-state index is 6.04. The second-order valence-corrected chi connectivity index (χ2v) is 3.86. The molecule has 0 saturated carbocycles. The minimum atomic E-state index is -0.325. The van der Waals surface area contributed by atoms with Crippen molar-refractivity contribution in [3.05, 3.63) is 12.2 Å². The minimum absolute atomic E-state index is 0.134. The molecule has 2 N–H and O–H groups in total. The van der Waals surface area contributed by atoms with E-state index in [1.54, 1.807) is 0 Å². The summed E-state index contributed by atoms with van der Waals surface area (Å²) in [5.74, 6) is 0.462. The van der Waals surface area contributed by atoms with Crippen LogP contribution >= 0.6 is 0 Å². The molecule has 0 aromatic carbocycles. The van der Waals surface area contributed by atoms with Crippen molar-refractivity contribution in [2.24, 2.45) is 11.7 Å². The molecule has 2 heteroatoms. The van der Waals surface area contributed by atoms with Crippen LogP contribution in [0.5, 0.6) is 0 Å². The molecule has 0 aromatic heterocycles. The maximum Gasteiger partial charge on any atom is 0.0818 e. The summed E-state index contributed by atoms with van der Waals surface area (Å²) in [7, 11) is 0. The topological polar surface area (TPSA) is 35.2 Å². The van der Waals surface area contributed by atoms with Gasteiger partial charge in [-0.25, -0.2) is 0 Å². The Balaban J connectivity index is 2.78. The molecule has 0 spiro atoms. The highest BCUT2D eigenvalue weighted by Crippen LogP contribution is 2.31. The third-order valence-electron chi connectivity index (χ3n) is 2.40. The van der Waals surface area contributed by atoms with Gasteiger partial charge in [0.15, 0.2) is 0 Å². The molecule has 0 bridgehead atoms. The van der Waals surface area contributed by atoms with Crippen molar-refractivity contribution in [1.29, 1.82) is 0 Å². The Bertz CT molecular complexity index is 172. The molecular formula is C9H17NO. The van der Waals surface area contributed by atoms with E-state index in [2.05, 4.69) is 20.4 Å². The Hall–Kier alpha value is -0.340. The van der Waals surface area contributed by atoms with Gasteiger partial charge >= 0.3 is 0 Å². The van der Waals surface area contributed by atoms with Crippen LogP contribution in [0.2, 0.25) is 0 Å². The van der Waals surface area contributed by atoms with Crippen LogP contribution in [0.15, 0.2) is 12.2 Å². The highest BCUT2D eigenvalue weighted by molar-refractivity contribution is 5.22. The molecule has 1 saturated heterocycles. The molecular weight excluding hydrogens is 138 g/mol. The highest BCUT2D eigenvalue weighted by atomic mass is 16.5. The van der Waals surface area contributed by atoms with Crippen LogP contribution in [0.25, 0.3) is 0 Å². The van der Waals surface area contributed by atoms with Crippen LogP contribution in [0.1, 0.15) is 20.8 Å².